The molecule has 2 heterocycles. The highest BCUT2D eigenvalue weighted by Crippen LogP contribution is 2.79. The molecule has 5 aliphatic carbocycles. The predicted octanol–water partition coefficient (Wildman–Crippen LogP) is 1.19. The number of carbonyl (C=O) groups excluding carboxylic acids is 2. The summed E-state index contributed by atoms with van der Waals surface area (Å²) in [5.41, 5.74) is -7.39. The largest absolute Gasteiger partial charge is 0.445 e. The van der Waals surface area contributed by atoms with Crippen molar-refractivity contribution < 1.29 is 39.5 Å². The molecule has 0 aromatic heterocycles. The minimum atomic E-state index is -1.85. The van der Waals surface area contributed by atoms with Gasteiger partial charge in [-0.3, -0.25) is 4.79 Å². The molecule has 13 unspecified atom stereocenters. The molecule has 13 atom stereocenters. The van der Waals surface area contributed by atoms with Gasteiger partial charge in [-0.05, 0) is 81.9 Å². The molecule has 0 bridgehead atoms. The van der Waals surface area contributed by atoms with Gasteiger partial charge in [-0.15, -0.1) is 0 Å². The maximum atomic E-state index is 13.6. The second kappa shape index (κ2) is 6.18. The second-order valence-electron chi connectivity index (χ2n) is 13.2. The molecule has 7 aliphatic rings. The first-order valence-corrected chi connectivity index (χ1v) is 13.3. The zero-order chi connectivity index (χ0) is 26.0. The van der Waals surface area contributed by atoms with E-state index < -0.39 is 63.2 Å². The molecule has 0 amide bonds. The van der Waals surface area contributed by atoms with Crippen molar-refractivity contribution in [3.8, 4) is 0 Å². The van der Waals surface area contributed by atoms with Crippen molar-refractivity contribution in [1.29, 1.82) is 0 Å². The van der Waals surface area contributed by atoms with Gasteiger partial charge in [-0.25, -0.2) is 4.79 Å². The van der Waals surface area contributed by atoms with E-state index in [0.29, 0.717) is 30.4 Å². The Kier molecular flexibility index (Phi) is 4.04. The van der Waals surface area contributed by atoms with Crippen LogP contribution in [-0.2, 0) is 19.1 Å². The summed E-state index contributed by atoms with van der Waals surface area (Å²) in [6.45, 7) is 8.88. The number of hydrogen-bond donors (Lipinski definition) is 4. The van der Waals surface area contributed by atoms with Crippen LogP contribution in [0.2, 0.25) is 0 Å². The number of carbonyl (C=O) groups is 2. The number of ketones is 1. The average molecular weight is 501 g/mol. The maximum absolute atomic E-state index is 13.6. The Balaban J connectivity index is 1.49. The molecule has 8 heteroatoms. The fraction of sp³-hybridized carbons (Fsp3) is 0.786. The van der Waals surface area contributed by atoms with Crippen LogP contribution in [0.3, 0.4) is 0 Å². The number of aliphatic hydroxyl groups is 4. The number of ether oxygens (including phenoxy) is 2. The summed E-state index contributed by atoms with van der Waals surface area (Å²) in [6, 6.07) is 0. The highest BCUT2D eigenvalue weighted by atomic mass is 16.6. The monoisotopic (exact) mass is 500 g/mol. The van der Waals surface area contributed by atoms with Gasteiger partial charge in [0.15, 0.2) is 11.4 Å². The van der Waals surface area contributed by atoms with Gasteiger partial charge in [0.05, 0.1) is 17.1 Å². The molecule has 0 radical (unpaired) electrons. The van der Waals surface area contributed by atoms with E-state index in [9.17, 15) is 30.0 Å². The molecular formula is C28H36O8. The predicted molar refractivity (Wildman–Crippen MR) is 125 cm³/mol. The molecule has 0 aromatic rings. The Bertz CT molecular complexity index is 1190. The first-order valence-electron chi connectivity index (χ1n) is 13.3. The van der Waals surface area contributed by atoms with Crippen molar-refractivity contribution >= 4 is 11.8 Å². The quantitative estimate of drug-likeness (QED) is 0.288. The normalized spacial score (nSPS) is 62.5. The van der Waals surface area contributed by atoms with Gasteiger partial charge >= 0.3 is 5.97 Å². The lowest BCUT2D eigenvalue weighted by atomic mass is 9.35. The van der Waals surface area contributed by atoms with Crippen molar-refractivity contribution in [2.45, 2.75) is 101 Å². The maximum Gasteiger partial charge on any atom is 0.334 e. The molecule has 2 spiro atoms. The van der Waals surface area contributed by atoms with Crippen molar-refractivity contribution in [3.05, 3.63) is 23.3 Å². The Morgan fingerprint density at radius 2 is 1.78 bits per heavy atom. The molecule has 4 saturated carbocycles. The molecule has 196 valence electrons. The molecule has 0 aromatic carbocycles. The smallest absolute Gasteiger partial charge is 0.334 e. The van der Waals surface area contributed by atoms with Gasteiger partial charge in [0.2, 0.25) is 0 Å². The van der Waals surface area contributed by atoms with Crippen LogP contribution in [0, 0.1) is 34.5 Å². The van der Waals surface area contributed by atoms with Crippen molar-refractivity contribution in [2.24, 2.45) is 34.5 Å². The van der Waals surface area contributed by atoms with E-state index in [4.69, 9.17) is 9.47 Å². The number of aliphatic hydroxyl groups excluding tert-OH is 2. The highest BCUT2D eigenvalue weighted by molar-refractivity contribution is 5.98. The van der Waals surface area contributed by atoms with Gasteiger partial charge in [0.1, 0.15) is 23.4 Å². The molecular weight excluding hydrogens is 464 g/mol. The summed E-state index contributed by atoms with van der Waals surface area (Å²) >= 11 is 0. The minimum absolute atomic E-state index is 0.0370. The standard InChI is InChI=1S/C28H36O8/c1-12-13(2)27(36-22(12)32)21(31)14(3)25(33)9-8-16-15-10-20-28(35-20)19(30)7-6-18(29)23(28,4)17(15)11-26(27,34)24(16,25)5/h6-7,14-17,19-21,30-31,33-34H,8-11H2,1-5H3. The minimum Gasteiger partial charge on any atom is -0.445 e. The van der Waals surface area contributed by atoms with E-state index in [-0.39, 0.29) is 30.1 Å². The van der Waals surface area contributed by atoms with Gasteiger partial charge in [0, 0.05) is 16.9 Å². The molecule has 36 heavy (non-hydrogen) atoms. The van der Waals surface area contributed by atoms with E-state index in [1.54, 1.807) is 20.8 Å². The summed E-state index contributed by atoms with van der Waals surface area (Å²) in [7, 11) is 0. The molecule has 4 N–H and O–H groups in total. The molecule has 1 saturated heterocycles. The Labute approximate surface area is 210 Å². The van der Waals surface area contributed by atoms with Crippen molar-refractivity contribution in [2.75, 3.05) is 0 Å². The third-order valence-electron chi connectivity index (χ3n) is 13.0. The fourth-order valence-electron chi connectivity index (χ4n) is 10.8. The Morgan fingerprint density at radius 3 is 2.42 bits per heavy atom. The van der Waals surface area contributed by atoms with Crippen LogP contribution >= 0.6 is 0 Å². The number of allylic oxidation sites excluding steroid dienone is 1. The SMILES string of the molecule is CC1=C(C)C2(OC1=O)C(O)C(C)C1(O)CCC3C4CC5OC56C(O)C=CC(=O)C6(C)C4CC2(O)C31C. The van der Waals surface area contributed by atoms with Gasteiger partial charge < -0.3 is 29.9 Å². The lowest BCUT2D eigenvalue weighted by Crippen LogP contribution is -2.84. The zero-order valence-corrected chi connectivity index (χ0v) is 21.4. The Hall–Kier alpha value is -1.58. The van der Waals surface area contributed by atoms with Crippen LogP contribution in [0.5, 0.6) is 0 Å². The average Bonchev–Trinajstić information content (AvgIpc) is 3.44. The number of rotatable bonds is 0. The Morgan fingerprint density at radius 1 is 1.08 bits per heavy atom. The van der Waals surface area contributed by atoms with E-state index in [1.165, 1.54) is 12.2 Å². The van der Waals surface area contributed by atoms with Crippen LogP contribution in [-0.4, -0.2) is 72.9 Å². The van der Waals surface area contributed by atoms with Gasteiger partial charge in [0.25, 0.3) is 0 Å². The van der Waals surface area contributed by atoms with Crippen LogP contribution in [0.25, 0.3) is 0 Å². The number of hydrogen-bond acceptors (Lipinski definition) is 8. The van der Waals surface area contributed by atoms with Gasteiger partial charge in [-0.1, -0.05) is 13.8 Å². The zero-order valence-electron chi connectivity index (χ0n) is 21.4. The second-order valence-corrected chi connectivity index (χ2v) is 13.2. The lowest BCUT2D eigenvalue weighted by molar-refractivity contribution is -0.359. The first kappa shape index (κ1) is 23.5. The van der Waals surface area contributed by atoms with Crippen molar-refractivity contribution in [3.63, 3.8) is 0 Å². The molecule has 5 fully saturated rings. The van der Waals surface area contributed by atoms with Gasteiger partial charge in [-0.2, -0.15) is 0 Å². The summed E-state index contributed by atoms with van der Waals surface area (Å²) < 4.78 is 12.2. The van der Waals surface area contributed by atoms with E-state index in [1.807, 2.05) is 13.8 Å². The molecule has 8 nitrogen and oxygen atoms in total. The van der Waals surface area contributed by atoms with E-state index in [2.05, 4.69) is 0 Å². The fourth-order valence-corrected chi connectivity index (χ4v) is 10.8. The summed E-state index contributed by atoms with van der Waals surface area (Å²) in [5.74, 6) is -2.02. The van der Waals surface area contributed by atoms with Crippen molar-refractivity contribution in [1.82, 2.24) is 0 Å². The van der Waals surface area contributed by atoms with E-state index in [0.717, 1.165) is 0 Å². The topological polar surface area (TPSA) is 137 Å². The van der Waals surface area contributed by atoms with E-state index >= 15 is 0 Å². The summed E-state index contributed by atoms with van der Waals surface area (Å²) in [5, 5.41) is 48.2. The first-order chi connectivity index (χ1) is 16.7. The van der Waals surface area contributed by atoms with Crippen LogP contribution < -0.4 is 0 Å². The van der Waals surface area contributed by atoms with Crippen LogP contribution in [0.4, 0.5) is 0 Å². The summed E-state index contributed by atoms with van der Waals surface area (Å²) in [6.07, 6.45) is 2.06. The number of esters is 1. The van der Waals surface area contributed by atoms with Crippen LogP contribution in [0.1, 0.15) is 60.3 Å². The molecule has 2 aliphatic heterocycles. The summed E-state index contributed by atoms with van der Waals surface area (Å²) in [4.78, 5) is 26.6. The molecule has 7 rings (SSSR count). The third kappa shape index (κ3) is 1.88. The highest BCUT2D eigenvalue weighted by Gasteiger charge is 2.88. The number of fused-ring (bicyclic) bond motifs is 4. The lowest BCUT2D eigenvalue weighted by Gasteiger charge is -2.72. The van der Waals surface area contributed by atoms with Crippen LogP contribution in [0.15, 0.2) is 23.3 Å². The third-order valence-corrected chi connectivity index (χ3v) is 13.0. The number of epoxide rings is 1.